The van der Waals surface area contributed by atoms with Gasteiger partial charge in [0.15, 0.2) is 4.77 Å². The molecule has 3 rings (SSSR count). The molecular formula is C13H9N5S. The van der Waals surface area contributed by atoms with Crippen molar-refractivity contribution in [3.05, 3.63) is 52.6 Å². The van der Waals surface area contributed by atoms with Gasteiger partial charge >= 0.3 is 0 Å². The van der Waals surface area contributed by atoms with Crippen molar-refractivity contribution in [2.45, 2.75) is 6.54 Å². The molecule has 1 aromatic carbocycles. The lowest BCUT2D eigenvalue weighted by molar-refractivity contribution is 0.762. The van der Waals surface area contributed by atoms with E-state index in [9.17, 15) is 0 Å². The molecule has 0 bridgehead atoms. The minimum atomic E-state index is 0.529. The van der Waals surface area contributed by atoms with E-state index in [-0.39, 0.29) is 0 Å². The minimum Gasteiger partial charge on any atom is -0.329 e. The van der Waals surface area contributed by atoms with Gasteiger partial charge in [0, 0.05) is 6.20 Å². The Bertz CT molecular complexity index is 826. The van der Waals surface area contributed by atoms with Crippen molar-refractivity contribution < 1.29 is 0 Å². The molecule has 0 radical (unpaired) electrons. The van der Waals surface area contributed by atoms with Crippen LogP contribution >= 0.6 is 12.2 Å². The Balaban J connectivity index is 2.17. The number of imidazole rings is 1. The normalized spacial score (nSPS) is 10.5. The highest BCUT2D eigenvalue weighted by molar-refractivity contribution is 7.71. The van der Waals surface area contributed by atoms with Gasteiger partial charge < -0.3 is 9.55 Å². The molecule has 0 atom stereocenters. The van der Waals surface area contributed by atoms with E-state index in [1.807, 2.05) is 28.8 Å². The molecule has 0 unspecified atom stereocenters. The van der Waals surface area contributed by atoms with Crippen LogP contribution in [0.4, 0.5) is 0 Å². The standard InChI is InChI=1S/C13H9N5S/c14-7-9-3-1-5-11-12(9)16-13(19)18(11)8-10-4-2-6-15-17-10/h1-6H,8H2,(H,16,19). The molecule has 0 fully saturated rings. The van der Waals surface area contributed by atoms with E-state index < -0.39 is 0 Å². The fourth-order valence-corrected chi connectivity index (χ4v) is 2.28. The van der Waals surface area contributed by atoms with Crippen molar-refractivity contribution in [3.63, 3.8) is 0 Å². The maximum absolute atomic E-state index is 9.09. The van der Waals surface area contributed by atoms with E-state index >= 15 is 0 Å². The predicted octanol–water partition coefficient (Wildman–Crippen LogP) is 2.41. The Morgan fingerprint density at radius 3 is 2.95 bits per heavy atom. The second-order valence-corrected chi connectivity index (χ2v) is 4.43. The second kappa shape index (κ2) is 4.63. The van der Waals surface area contributed by atoms with Crippen molar-refractivity contribution in [2.24, 2.45) is 0 Å². The van der Waals surface area contributed by atoms with E-state index in [0.29, 0.717) is 16.9 Å². The lowest BCUT2D eigenvalue weighted by atomic mass is 10.2. The van der Waals surface area contributed by atoms with Gasteiger partial charge in [-0.05, 0) is 36.5 Å². The number of rotatable bonds is 2. The van der Waals surface area contributed by atoms with Crippen molar-refractivity contribution in [3.8, 4) is 6.07 Å². The third-order valence-corrected chi connectivity index (χ3v) is 3.20. The number of nitriles is 1. The topological polar surface area (TPSA) is 70.3 Å². The van der Waals surface area contributed by atoms with Gasteiger partial charge in [-0.3, -0.25) is 0 Å². The van der Waals surface area contributed by atoms with Gasteiger partial charge in [0.25, 0.3) is 0 Å². The Morgan fingerprint density at radius 2 is 2.21 bits per heavy atom. The van der Waals surface area contributed by atoms with Crippen molar-refractivity contribution in [2.75, 3.05) is 0 Å². The number of benzene rings is 1. The van der Waals surface area contributed by atoms with E-state index in [2.05, 4.69) is 21.3 Å². The number of aromatic amines is 1. The molecule has 0 saturated heterocycles. The zero-order chi connectivity index (χ0) is 13.2. The number of hydrogen-bond acceptors (Lipinski definition) is 4. The van der Waals surface area contributed by atoms with Crippen LogP contribution in [0.25, 0.3) is 11.0 Å². The van der Waals surface area contributed by atoms with Gasteiger partial charge in [0.05, 0.1) is 28.8 Å². The average Bonchev–Trinajstić information content (AvgIpc) is 2.76. The van der Waals surface area contributed by atoms with Crippen molar-refractivity contribution in [1.29, 1.82) is 5.26 Å². The molecule has 19 heavy (non-hydrogen) atoms. The number of nitrogens with zero attached hydrogens (tertiary/aromatic N) is 4. The Labute approximate surface area is 114 Å². The summed E-state index contributed by atoms with van der Waals surface area (Å²) in [6, 6.07) is 11.4. The number of nitrogens with one attached hydrogen (secondary N) is 1. The maximum Gasteiger partial charge on any atom is 0.178 e. The van der Waals surface area contributed by atoms with Gasteiger partial charge in [0.2, 0.25) is 0 Å². The van der Waals surface area contributed by atoms with Gasteiger partial charge in [-0.1, -0.05) is 6.07 Å². The summed E-state index contributed by atoms with van der Waals surface area (Å²) in [6.07, 6.45) is 1.63. The van der Waals surface area contributed by atoms with E-state index in [1.165, 1.54) is 0 Å². The lowest BCUT2D eigenvalue weighted by Gasteiger charge is -2.03. The van der Waals surface area contributed by atoms with Crippen LogP contribution in [-0.2, 0) is 6.54 Å². The molecule has 1 N–H and O–H groups in total. The van der Waals surface area contributed by atoms with Gasteiger partial charge in [-0.25, -0.2) is 0 Å². The van der Waals surface area contributed by atoms with Crippen LogP contribution < -0.4 is 0 Å². The first kappa shape index (κ1) is 11.6. The molecule has 0 spiro atoms. The van der Waals surface area contributed by atoms with Crippen LogP contribution in [-0.4, -0.2) is 19.7 Å². The predicted molar refractivity (Wildman–Crippen MR) is 73.0 cm³/mol. The van der Waals surface area contributed by atoms with Crippen LogP contribution in [0.1, 0.15) is 11.3 Å². The first-order valence-corrected chi connectivity index (χ1v) is 6.08. The van der Waals surface area contributed by atoms with E-state index in [4.69, 9.17) is 17.5 Å². The summed E-state index contributed by atoms with van der Waals surface area (Å²) in [5.41, 5.74) is 3.07. The minimum absolute atomic E-state index is 0.529. The summed E-state index contributed by atoms with van der Waals surface area (Å²) in [7, 11) is 0. The molecular weight excluding hydrogens is 258 g/mol. The second-order valence-electron chi connectivity index (χ2n) is 4.04. The number of H-pyrrole nitrogens is 1. The Hall–Kier alpha value is -2.52. The fourth-order valence-electron chi connectivity index (χ4n) is 2.01. The first-order valence-electron chi connectivity index (χ1n) is 5.68. The van der Waals surface area contributed by atoms with Gasteiger partial charge in [0.1, 0.15) is 6.07 Å². The summed E-state index contributed by atoms with van der Waals surface area (Å²) >= 11 is 5.31. The first-order chi connectivity index (χ1) is 9.29. The van der Waals surface area contributed by atoms with Crippen LogP contribution in [0, 0.1) is 16.1 Å². The molecule has 6 heteroatoms. The summed E-state index contributed by atoms with van der Waals surface area (Å²) in [4.78, 5) is 3.07. The highest BCUT2D eigenvalue weighted by Crippen LogP contribution is 2.18. The average molecular weight is 267 g/mol. The number of fused-ring (bicyclic) bond motifs is 1. The largest absolute Gasteiger partial charge is 0.329 e. The molecule has 0 aliphatic carbocycles. The Morgan fingerprint density at radius 1 is 1.32 bits per heavy atom. The van der Waals surface area contributed by atoms with Crippen LogP contribution in [0.5, 0.6) is 0 Å². The molecule has 2 aromatic heterocycles. The third kappa shape index (κ3) is 2.00. The van der Waals surface area contributed by atoms with Crippen LogP contribution in [0.3, 0.4) is 0 Å². The SMILES string of the molecule is N#Cc1cccc2c1[nH]c(=S)n2Cc1cccnn1. The van der Waals surface area contributed by atoms with Crippen molar-refractivity contribution in [1.82, 2.24) is 19.7 Å². The zero-order valence-electron chi connectivity index (χ0n) is 9.87. The summed E-state index contributed by atoms with van der Waals surface area (Å²) in [6.45, 7) is 0.529. The van der Waals surface area contributed by atoms with Crippen LogP contribution in [0.15, 0.2) is 36.5 Å². The monoisotopic (exact) mass is 267 g/mol. The number of hydrogen-bond donors (Lipinski definition) is 1. The Kier molecular flexibility index (Phi) is 2.82. The highest BCUT2D eigenvalue weighted by Gasteiger charge is 2.08. The van der Waals surface area contributed by atoms with Crippen LogP contribution in [0.2, 0.25) is 0 Å². The van der Waals surface area contributed by atoms with Gasteiger partial charge in [-0.15, -0.1) is 0 Å². The van der Waals surface area contributed by atoms with Crippen molar-refractivity contribution >= 4 is 23.3 Å². The molecule has 0 saturated carbocycles. The molecule has 0 aliphatic heterocycles. The third-order valence-electron chi connectivity index (χ3n) is 2.88. The number of para-hydroxylation sites is 1. The van der Waals surface area contributed by atoms with E-state index in [0.717, 1.165) is 16.7 Å². The van der Waals surface area contributed by atoms with E-state index in [1.54, 1.807) is 12.3 Å². The maximum atomic E-state index is 9.09. The quantitative estimate of drug-likeness (QED) is 0.724. The molecule has 5 nitrogen and oxygen atoms in total. The van der Waals surface area contributed by atoms with Gasteiger partial charge in [-0.2, -0.15) is 15.5 Å². The molecule has 2 heterocycles. The molecule has 3 aromatic rings. The zero-order valence-corrected chi connectivity index (χ0v) is 10.7. The molecule has 0 aliphatic rings. The lowest BCUT2D eigenvalue weighted by Crippen LogP contribution is -2.02. The highest BCUT2D eigenvalue weighted by atomic mass is 32.1. The molecule has 0 amide bonds. The number of aromatic nitrogens is 4. The fraction of sp³-hybridized carbons (Fsp3) is 0.0769. The summed E-state index contributed by atoms with van der Waals surface area (Å²) in [5, 5.41) is 17.0. The molecule has 92 valence electrons. The summed E-state index contributed by atoms with van der Waals surface area (Å²) < 4.78 is 2.48. The smallest absolute Gasteiger partial charge is 0.178 e. The summed E-state index contributed by atoms with van der Waals surface area (Å²) in [5.74, 6) is 0.